The monoisotopic (exact) mass is 335 g/mol. The first kappa shape index (κ1) is 16.3. The summed E-state index contributed by atoms with van der Waals surface area (Å²) in [4.78, 5) is 21.4. The average molecular weight is 335 g/mol. The van der Waals surface area contributed by atoms with E-state index in [1.807, 2.05) is 24.3 Å². The van der Waals surface area contributed by atoms with E-state index in [1.54, 1.807) is 12.1 Å². The van der Waals surface area contributed by atoms with Crippen molar-refractivity contribution in [3.05, 3.63) is 70.8 Å². The molecule has 0 amide bonds. The zero-order valence-corrected chi connectivity index (χ0v) is 13.2. The summed E-state index contributed by atoms with van der Waals surface area (Å²) >= 11 is 0. The summed E-state index contributed by atoms with van der Waals surface area (Å²) in [5.74, 6) is 0.0581. The molecular weight excluding hydrogens is 322 g/mol. The van der Waals surface area contributed by atoms with Crippen LogP contribution < -0.4 is 4.74 Å². The number of esters is 1. The van der Waals surface area contributed by atoms with E-state index in [0.717, 1.165) is 10.8 Å². The van der Waals surface area contributed by atoms with Crippen molar-refractivity contribution in [2.24, 2.45) is 10.2 Å². The summed E-state index contributed by atoms with van der Waals surface area (Å²) in [6.07, 6.45) is 0. The van der Waals surface area contributed by atoms with Crippen LogP contribution in [-0.2, 0) is 4.79 Å². The van der Waals surface area contributed by atoms with Gasteiger partial charge in [-0.2, -0.15) is 5.11 Å². The van der Waals surface area contributed by atoms with Gasteiger partial charge in [-0.15, -0.1) is 5.11 Å². The Labute approximate surface area is 142 Å². The van der Waals surface area contributed by atoms with Gasteiger partial charge in [0.25, 0.3) is 5.69 Å². The molecule has 0 atom stereocenters. The van der Waals surface area contributed by atoms with Gasteiger partial charge in [0.2, 0.25) is 0 Å². The highest BCUT2D eigenvalue weighted by Crippen LogP contribution is 2.34. The molecule has 0 aliphatic carbocycles. The number of nitro groups is 1. The number of azo groups is 1. The number of rotatable bonds is 4. The smallest absolute Gasteiger partial charge is 0.308 e. The van der Waals surface area contributed by atoms with E-state index in [4.69, 9.17) is 4.74 Å². The second kappa shape index (κ2) is 6.88. The third-order valence-electron chi connectivity index (χ3n) is 3.45. The van der Waals surface area contributed by atoms with Crippen molar-refractivity contribution in [2.75, 3.05) is 0 Å². The number of non-ortho nitro benzene ring substituents is 1. The van der Waals surface area contributed by atoms with E-state index in [-0.39, 0.29) is 5.69 Å². The number of benzene rings is 3. The molecule has 0 spiro atoms. The molecule has 0 heterocycles. The topological polar surface area (TPSA) is 94.2 Å². The molecule has 0 unspecified atom stereocenters. The van der Waals surface area contributed by atoms with E-state index < -0.39 is 10.9 Å². The van der Waals surface area contributed by atoms with Gasteiger partial charge in [-0.05, 0) is 24.3 Å². The lowest BCUT2D eigenvalue weighted by Crippen LogP contribution is -2.01. The maximum Gasteiger partial charge on any atom is 0.308 e. The third kappa shape index (κ3) is 3.66. The Morgan fingerprint density at radius 2 is 1.64 bits per heavy atom. The van der Waals surface area contributed by atoms with Crippen LogP contribution in [0.25, 0.3) is 10.8 Å². The number of fused-ring (bicyclic) bond motifs is 1. The van der Waals surface area contributed by atoms with Crippen LogP contribution in [0.2, 0.25) is 0 Å². The van der Waals surface area contributed by atoms with Gasteiger partial charge >= 0.3 is 5.97 Å². The lowest BCUT2D eigenvalue weighted by Gasteiger charge is -2.07. The van der Waals surface area contributed by atoms with Crippen LogP contribution in [0.4, 0.5) is 17.1 Å². The highest BCUT2D eigenvalue weighted by molar-refractivity contribution is 5.97. The molecule has 3 aromatic rings. The molecule has 0 saturated heterocycles. The Morgan fingerprint density at radius 1 is 0.960 bits per heavy atom. The van der Waals surface area contributed by atoms with Crippen molar-refractivity contribution in [2.45, 2.75) is 6.92 Å². The first-order chi connectivity index (χ1) is 12.0. The van der Waals surface area contributed by atoms with E-state index in [2.05, 4.69) is 10.2 Å². The molecule has 0 saturated carbocycles. The summed E-state index contributed by atoms with van der Waals surface area (Å²) < 4.78 is 5.21. The first-order valence-electron chi connectivity index (χ1n) is 7.41. The fourth-order valence-corrected chi connectivity index (χ4v) is 2.34. The Kier molecular flexibility index (Phi) is 4.47. The van der Waals surface area contributed by atoms with Gasteiger partial charge in [0.1, 0.15) is 5.75 Å². The highest BCUT2D eigenvalue weighted by atomic mass is 16.6. The normalized spacial score (nSPS) is 10.9. The van der Waals surface area contributed by atoms with Crippen molar-refractivity contribution in [1.29, 1.82) is 0 Å². The summed E-state index contributed by atoms with van der Waals surface area (Å²) in [6.45, 7) is 1.34. The fraction of sp³-hybridized carbons (Fsp3) is 0.0556. The predicted molar refractivity (Wildman–Crippen MR) is 92.5 cm³/mol. The Morgan fingerprint density at radius 3 is 2.28 bits per heavy atom. The van der Waals surface area contributed by atoms with Crippen molar-refractivity contribution in [3.8, 4) is 5.75 Å². The minimum absolute atomic E-state index is 0.00451. The number of ether oxygens (including phenoxy) is 1. The van der Waals surface area contributed by atoms with Crippen LogP contribution in [0.15, 0.2) is 70.9 Å². The van der Waals surface area contributed by atoms with Crippen molar-refractivity contribution in [3.63, 3.8) is 0 Å². The van der Waals surface area contributed by atoms with Gasteiger partial charge in [-0.25, -0.2) is 0 Å². The lowest BCUT2D eigenvalue weighted by atomic mass is 10.1. The number of hydrogen-bond donors (Lipinski definition) is 0. The Balaban J connectivity index is 1.96. The molecule has 0 radical (unpaired) electrons. The lowest BCUT2D eigenvalue weighted by molar-refractivity contribution is -0.384. The van der Waals surface area contributed by atoms with Gasteiger partial charge in [0.05, 0.1) is 16.3 Å². The summed E-state index contributed by atoms with van der Waals surface area (Å²) in [5, 5.41) is 20.5. The largest absolute Gasteiger partial charge is 0.426 e. The molecule has 0 bridgehead atoms. The summed E-state index contributed by atoms with van der Waals surface area (Å²) in [5.41, 5.74) is 1.10. The third-order valence-corrected chi connectivity index (χ3v) is 3.45. The zero-order valence-electron chi connectivity index (χ0n) is 13.2. The van der Waals surface area contributed by atoms with Crippen molar-refractivity contribution >= 4 is 33.8 Å². The first-order valence-corrected chi connectivity index (χ1v) is 7.41. The maximum absolute atomic E-state index is 11.2. The van der Waals surface area contributed by atoms with Crippen molar-refractivity contribution in [1.82, 2.24) is 0 Å². The molecule has 0 fully saturated rings. The molecule has 7 nitrogen and oxygen atoms in total. The predicted octanol–water partition coefficient (Wildman–Crippen LogP) is 5.09. The molecule has 124 valence electrons. The number of nitro benzene ring substituents is 1. The molecule has 0 N–H and O–H groups in total. The van der Waals surface area contributed by atoms with Crippen LogP contribution in [0.3, 0.4) is 0 Å². The number of carbonyl (C=O) groups is 1. The number of carbonyl (C=O) groups excluding carboxylic acids is 1. The molecule has 0 aromatic heterocycles. The van der Waals surface area contributed by atoms with Crippen LogP contribution in [0.5, 0.6) is 5.75 Å². The Bertz CT molecular complexity index is 981. The highest BCUT2D eigenvalue weighted by Gasteiger charge is 2.08. The standard InChI is InChI=1S/C18H13N3O4/c1-12(22)25-18-11-10-17(15-4-2-3-5-16(15)18)20-19-13-6-8-14(9-7-13)21(23)24/h2-11H,1H3. The number of nitrogens with zero attached hydrogens (tertiary/aromatic N) is 3. The molecule has 0 aliphatic rings. The molecule has 25 heavy (non-hydrogen) atoms. The van der Waals surface area contributed by atoms with Gasteiger partial charge in [0, 0.05) is 29.8 Å². The van der Waals surface area contributed by atoms with Gasteiger partial charge < -0.3 is 4.74 Å². The van der Waals surface area contributed by atoms with Crippen LogP contribution in [-0.4, -0.2) is 10.9 Å². The van der Waals surface area contributed by atoms with E-state index >= 15 is 0 Å². The quantitative estimate of drug-likeness (QED) is 0.218. The molecule has 7 heteroatoms. The molecule has 3 rings (SSSR count). The molecular formula is C18H13N3O4. The SMILES string of the molecule is CC(=O)Oc1ccc(N=Nc2ccc([N+](=O)[O-])cc2)c2ccccc12. The van der Waals surface area contributed by atoms with E-state index in [1.165, 1.54) is 31.2 Å². The minimum atomic E-state index is -0.470. The van der Waals surface area contributed by atoms with E-state index in [0.29, 0.717) is 17.1 Å². The molecule has 0 aliphatic heterocycles. The van der Waals surface area contributed by atoms with Crippen LogP contribution in [0.1, 0.15) is 6.92 Å². The fourth-order valence-electron chi connectivity index (χ4n) is 2.34. The van der Waals surface area contributed by atoms with Crippen LogP contribution >= 0.6 is 0 Å². The van der Waals surface area contributed by atoms with Crippen LogP contribution in [0, 0.1) is 10.1 Å². The van der Waals surface area contributed by atoms with Crippen molar-refractivity contribution < 1.29 is 14.5 Å². The number of hydrogen-bond acceptors (Lipinski definition) is 6. The van der Waals surface area contributed by atoms with Gasteiger partial charge in [0.15, 0.2) is 0 Å². The van der Waals surface area contributed by atoms with E-state index in [9.17, 15) is 14.9 Å². The minimum Gasteiger partial charge on any atom is -0.426 e. The average Bonchev–Trinajstić information content (AvgIpc) is 2.61. The zero-order chi connectivity index (χ0) is 17.8. The second-order valence-corrected chi connectivity index (χ2v) is 5.20. The summed E-state index contributed by atoms with van der Waals surface area (Å²) in [6, 6.07) is 16.5. The maximum atomic E-state index is 11.2. The summed E-state index contributed by atoms with van der Waals surface area (Å²) in [7, 11) is 0. The second-order valence-electron chi connectivity index (χ2n) is 5.20. The molecule has 3 aromatic carbocycles. The Hall–Kier alpha value is -3.61. The van der Waals surface area contributed by atoms with Gasteiger partial charge in [-0.1, -0.05) is 24.3 Å². The van der Waals surface area contributed by atoms with Gasteiger partial charge in [-0.3, -0.25) is 14.9 Å².